The Morgan fingerprint density at radius 1 is 0.647 bits per heavy atom. The summed E-state index contributed by atoms with van der Waals surface area (Å²) in [5.74, 6) is -3.67. The minimum Gasteiger partial charge on any atom is -0.206 e. The lowest BCUT2D eigenvalue weighted by atomic mass is 9.99. The largest absolute Gasteiger partial charge is 0.206 e. The van der Waals surface area contributed by atoms with Crippen LogP contribution in [0.5, 0.6) is 0 Å². The number of rotatable bonds is 3. The van der Waals surface area contributed by atoms with Crippen LogP contribution in [0.3, 0.4) is 0 Å². The van der Waals surface area contributed by atoms with Crippen molar-refractivity contribution in [3.8, 4) is 23.0 Å². The van der Waals surface area contributed by atoms with Crippen molar-refractivity contribution in [3.05, 3.63) is 106 Å². The van der Waals surface area contributed by atoms with E-state index in [-0.39, 0.29) is 27.6 Å². The van der Waals surface area contributed by atoms with E-state index in [4.69, 9.17) is 0 Å². The summed E-state index contributed by atoms with van der Waals surface area (Å²) < 4.78 is 98.6. The van der Waals surface area contributed by atoms with Gasteiger partial charge in [-0.05, 0) is 65.4 Å². The summed E-state index contributed by atoms with van der Waals surface area (Å²) >= 11 is 0. The molecule has 34 heavy (non-hydrogen) atoms. The standard InChI is InChI=1S/C27H15F7/c1-2-3-14-9-20(29)24(21(30)10-14)17-7-6-16(19(28)12-17)5-4-15-8-18-13-23(32)26(33)27(34)25(18)22(31)11-15/h6-13H,2-3H2,1H3. The molecule has 4 rings (SSSR count). The maximum Gasteiger partial charge on any atom is 0.195 e. The van der Waals surface area contributed by atoms with E-state index in [0.717, 1.165) is 18.2 Å². The zero-order chi connectivity index (χ0) is 24.6. The van der Waals surface area contributed by atoms with Crippen LogP contribution in [0.2, 0.25) is 0 Å². The minimum atomic E-state index is -1.79. The predicted molar refractivity (Wildman–Crippen MR) is 116 cm³/mol. The average Bonchev–Trinajstić information content (AvgIpc) is 2.76. The van der Waals surface area contributed by atoms with E-state index >= 15 is 0 Å². The molecule has 0 saturated heterocycles. The van der Waals surface area contributed by atoms with Crippen LogP contribution in [0.4, 0.5) is 30.7 Å². The maximum absolute atomic E-state index is 14.6. The molecule has 0 fully saturated rings. The highest BCUT2D eigenvalue weighted by molar-refractivity contribution is 5.85. The second-order valence-electron chi connectivity index (χ2n) is 7.67. The third-order valence-electron chi connectivity index (χ3n) is 5.26. The van der Waals surface area contributed by atoms with Gasteiger partial charge >= 0.3 is 0 Å². The number of hydrogen-bond acceptors (Lipinski definition) is 0. The normalized spacial score (nSPS) is 10.9. The molecule has 0 radical (unpaired) electrons. The molecule has 0 spiro atoms. The molecule has 0 aromatic heterocycles. The Labute approximate surface area is 190 Å². The van der Waals surface area contributed by atoms with Crippen LogP contribution in [0.15, 0.2) is 48.5 Å². The summed E-state index contributed by atoms with van der Waals surface area (Å²) in [6.45, 7) is 1.88. The first-order chi connectivity index (χ1) is 16.2. The molecule has 0 nitrogen and oxygen atoms in total. The molecular weight excluding hydrogens is 457 g/mol. The van der Waals surface area contributed by atoms with Gasteiger partial charge in [0.25, 0.3) is 0 Å². The highest BCUT2D eigenvalue weighted by Gasteiger charge is 2.18. The van der Waals surface area contributed by atoms with Crippen LogP contribution in [-0.2, 0) is 6.42 Å². The van der Waals surface area contributed by atoms with Gasteiger partial charge in [0.05, 0.1) is 16.5 Å². The summed E-state index contributed by atoms with van der Waals surface area (Å²) in [7, 11) is 0. The molecule has 172 valence electrons. The zero-order valence-corrected chi connectivity index (χ0v) is 17.7. The van der Waals surface area contributed by atoms with E-state index in [2.05, 4.69) is 11.8 Å². The Bertz CT molecular complexity index is 1470. The lowest BCUT2D eigenvalue weighted by Gasteiger charge is -2.09. The topological polar surface area (TPSA) is 0 Å². The zero-order valence-electron chi connectivity index (χ0n) is 17.7. The number of fused-ring (bicyclic) bond motifs is 1. The fourth-order valence-corrected chi connectivity index (χ4v) is 3.71. The highest BCUT2D eigenvalue weighted by atomic mass is 19.2. The summed E-state index contributed by atoms with van der Waals surface area (Å²) in [5.41, 5.74) is -0.0853. The molecule has 0 aliphatic heterocycles. The van der Waals surface area contributed by atoms with Crippen LogP contribution in [0.1, 0.15) is 30.0 Å². The van der Waals surface area contributed by atoms with Crippen molar-refractivity contribution in [2.45, 2.75) is 19.8 Å². The third-order valence-corrected chi connectivity index (χ3v) is 5.26. The van der Waals surface area contributed by atoms with Crippen LogP contribution < -0.4 is 0 Å². The number of benzene rings is 4. The van der Waals surface area contributed by atoms with Crippen LogP contribution >= 0.6 is 0 Å². The van der Waals surface area contributed by atoms with Gasteiger partial charge < -0.3 is 0 Å². The third kappa shape index (κ3) is 4.36. The SMILES string of the molecule is CCCc1cc(F)c(-c2ccc(C#Cc3cc(F)c4c(F)c(F)c(F)cc4c3)c(F)c2)c(F)c1. The molecule has 0 saturated carbocycles. The Kier molecular flexibility index (Phi) is 6.34. The van der Waals surface area contributed by atoms with E-state index in [1.807, 2.05) is 6.92 Å². The predicted octanol–water partition coefficient (Wildman–Crippen LogP) is 7.83. The van der Waals surface area contributed by atoms with Gasteiger partial charge in [-0.25, -0.2) is 30.7 Å². The lowest BCUT2D eigenvalue weighted by molar-refractivity contribution is 0.451. The molecule has 0 amide bonds. The molecule has 7 heteroatoms. The molecule has 0 unspecified atom stereocenters. The molecule has 0 aliphatic carbocycles. The van der Waals surface area contributed by atoms with Gasteiger partial charge in [-0.3, -0.25) is 0 Å². The van der Waals surface area contributed by atoms with Crippen molar-refractivity contribution >= 4 is 10.8 Å². The van der Waals surface area contributed by atoms with E-state index in [1.54, 1.807) is 0 Å². The van der Waals surface area contributed by atoms with E-state index in [9.17, 15) is 30.7 Å². The van der Waals surface area contributed by atoms with Crippen LogP contribution in [-0.4, -0.2) is 0 Å². The van der Waals surface area contributed by atoms with Crippen molar-refractivity contribution in [2.75, 3.05) is 0 Å². The highest BCUT2D eigenvalue weighted by Crippen LogP contribution is 2.30. The summed E-state index contributed by atoms with van der Waals surface area (Å²) in [6, 6.07) is 8.42. The Morgan fingerprint density at radius 3 is 2.00 bits per heavy atom. The minimum absolute atomic E-state index is 0.0224. The molecule has 0 heterocycles. The van der Waals surface area contributed by atoms with Gasteiger partial charge in [0.2, 0.25) is 0 Å². The first kappa shape index (κ1) is 23.4. The first-order valence-electron chi connectivity index (χ1n) is 10.3. The van der Waals surface area contributed by atoms with E-state index in [1.165, 1.54) is 24.3 Å². The van der Waals surface area contributed by atoms with Crippen LogP contribution in [0.25, 0.3) is 21.9 Å². The summed E-state index contributed by atoms with van der Waals surface area (Å²) in [4.78, 5) is 0. The van der Waals surface area contributed by atoms with Gasteiger partial charge in [0.15, 0.2) is 17.5 Å². The Morgan fingerprint density at radius 2 is 1.35 bits per heavy atom. The second-order valence-corrected chi connectivity index (χ2v) is 7.67. The number of hydrogen-bond donors (Lipinski definition) is 0. The van der Waals surface area contributed by atoms with Crippen molar-refractivity contribution in [3.63, 3.8) is 0 Å². The summed E-state index contributed by atoms with van der Waals surface area (Å²) in [5, 5.41) is -0.983. The van der Waals surface area contributed by atoms with Gasteiger partial charge in [0.1, 0.15) is 23.3 Å². The maximum atomic E-state index is 14.6. The molecule has 0 N–H and O–H groups in total. The van der Waals surface area contributed by atoms with Crippen molar-refractivity contribution in [2.24, 2.45) is 0 Å². The van der Waals surface area contributed by atoms with Gasteiger partial charge in [-0.1, -0.05) is 31.3 Å². The van der Waals surface area contributed by atoms with Gasteiger partial charge in [-0.15, -0.1) is 0 Å². The Balaban J connectivity index is 1.70. The van der Waals surface area contributed by atoms with Crippen LogP contribution in [0, 0.1) is 52.6 Å². The number of aryl methyl sites for hydroxylation is 1. The summed E-state index contributed by atoms with van der Waals surface area (Å²) in [6.07, 6.45) is 1.21. The van der Waals surface area contributed by atoms with Crippen molar-refractivity contribution in [1.82, 2.24) is 0 Å². The molecule has 4 aromatic rings. The molecule has 0 atom stereocenters. The lowest BCUT2D eigenvalue weighted by Crippen LogP contribution is -1.96. The molecule has 0 aliphatic rings. The van der Waals surface area contributed by atoms with E-state index < -0.39 is 46.1 Å². The van der Waals surface area contributed by atoms with E-state index in [0.29, 0.717) is 24.5 Å². The van der Waals surface area contributed by atoms with Gasteiger partial charge in [-0.2, -0.15) is 0 Å². The monoisotopic (exact) mass is 472 g/mol. The molecule has 0 bridgehead atoms. The fourth-order valence-electron chi connectivity index (χ4n) is 3.71. The smallest absolute Gasteiger partial charge is 0.195 e. The van der Waals surface area contributed by atoms with Crippen molar-refractivity contribution in [1.29, 1.82) is 0 Å². The second kappa shape index (κ2) is 9.22. The molecule has 4 aromatic carbocycles. The number of halogens is 7. The van der Waals surface area contributed by atoms with Gasteiger partial charge in [0, 0.05) is 5.56 Å². The Hall–Kier alpha value is -3.79. The molecular formula is C27H15F7. The quantitative estimate of drug-likeness (QED) is 0.162. The average molecular weight is 472 g/mol. The fraction of sp³-hybridized carbons (Fsp3) is 0.111. The van der Waals surface area contributed by atoms with Crippen molar-refractivity contribution < 1.29 is 30.7 Å². The first-order valence-corrected chi connectivity index (χ1v) is 10.3.